The molecule has 0 aliphatic carbocycles. The van der Waals surface area contributed by atoms with Crippen LogP contribution in [0.3, 0.4) is 0 Å². The first-order valence-electron chi connectivity index (χ1n) is 6.18. The lowest BCUT2D eigenvalue weighted by Gasteiger charge is -2.13. The monoisotopic (exact) mass is 253 g/mol. The first-order chi connectivity index (χ1) is 9.33. The Bertz CT molecular complexity index is 610. The number of H-pyrrole nitrogens is 2. The number of anilines is 1. The van der Waals surface area contributed by atoms with Crippen molar-refractivity contribution in [3.8, 4) is 11.3 Å². The SMILES string of the molecule is CC(Nc1ccc(-c2ccn[nH]2)cc1)c1ccn[nH]1. The summed E-state index contributed by atoms with van der Waals surface area (Å²) in [6.45, 7) is 2.09. The first kappa shape index (κ1) is 11.5. The van der Waals surface area contributed by atoms with Crippen LogP contribution in [0.5, 0.6) is 0 Å². The average molecular weight is 253 g/mol. The van der Waals surface area contributed by atoms with Gasteiger partial charge in [0.2, 0.25) is 0 Å². The molecule has 0 amide bonds. The zero-order chi connectivity index (χ0) is 13.1. The van der Waals surface area contributed by atoms with Crippen LogP contribution in [-0.2, 0) is 0 Å². The van der Waals surface area contributed by atoms with Crippen LogP contribution >= 0.6 is 0 Å². The van der Waals surface area contributed by atoms with Gasteiger partial charge in [-0.05, 0) is 36.8 Å². The van der Waals surface area contributed by atoms with Crippen molar-refractivity contribution in [1.82, 2.24) is 20.4 Å². The molecule has 0 saturated heterocycles. The number of nitrogens with zero attached hydrogens (tertiary/aromatic N) is 2. The van der Waals surface area contributed by atoms with E-state index in [0.29, 0.717) is 0 Å². The van der Waals surface area contributed by atoms with Gasteiger partial charge in [0.15, 0.2) is 0 Å². The molecule has 0 saturated carbocycles. The van der Waals surface area contributed by atoms with Crippen molar-refractivity contribution >= 4 is 5.69 Å². The number of hydrogen-bond acceptors (Lipinski definition) is 3. The lowest BCUT2D eigenvalue weighted by molar-refractivity contribution is 0.826. The fourth-order valence-corrected chi connectivity index (χ4v) is 2.00. The van der Waals surface area contributed by atoms with Crippen molar-refractivity contribution < 1.29 is 0 Å². The third kappa shape index (κ3) is 2.49. The maximum absolute atomic E-state index is 3.96. The fraction of sp³-hybridized carbons (Fsp3) is 0.143. The average Bonchev–Trinajstić information content (AvgIpc) is 3.13. The van der Waals surface area contributed by atoms with E-state index in [0.717, 1.165) is 22.6 Å². The Morgan fingerprint density at radius 3 is 2.32 bits per heavy atom. The lowest BCUT2D eigenvalue weighted by atomic mass is 10.1. The summed E-state index contributed by atoms with van der Waals surface area (Å²) in [4.78, 5) is 0. The molecule has 2 aromatic heterocycles. The second kappa shape index (κ2) is 4.97. The van der Waals surface area contributed by atoms with Gasteiger partial charge >= 0.3 is 0 Å². The Morgan fingerprint density at radius 1 is 0.947 bits per heavy atom. The molecule has 0 spiro atoms. The summed E-state index contributed by atoms with van der Waals surface area (Å²) in [6.07, 6.45) is 3.51. The minimum Gasteiger partial charge on any atom is -0.377 e. The third-order valence-electron chi connectivity index (χ3n) is 3.07. The molecule has 96 valence electrons. The highest BCUT2D eigenvalue weighted by Crippen LogP contribution is 2.21. The topological polar surface area (TPSA) is 69.4 Å². The number of nitrogens with one attached hydrogen (secondary N) is 3. The highest BCUT2D eigenvalue weighted by atomic mass is 15.1. The van der Waals surface area contributed by atoms with Crippen LogP contribution in [-0.4, -0.2) is 20.4 Å². The molecule has 5 nitrogen and oxygen atoms in total. The van der Waals surface area contributed by atoms with Crippen molar-refractivity contribution in [1.29, 1.82) is 0 Å². The van der Waals surface area contributed by atoms with E-state index in [1.807, 2.05) is 12.1 Å². The lowest BCUT2D eigenvalue weighted by Crippen LogP contribution is -2.06. The summed E-state index contributed by atoms with van der Waals surface area (Å²) in [5.41, 5.74) is 4.29. The molecule has 1 atom stereocenters. The summed E-state index contributed by atoms with van der Waals surface area (Å²) in [5.74, 6) is 0. The summed E-state index contributed by atoms with van der Waals surface area (Å²) in [5, 5.41) is 17.2. The molecule has 3 N–H and O–H groups in total. The van der Waals surface area contributed by atoms with Crippen molar-refractivity contribution in [2.45, 2.75) is 13.0 Å². The number of benzene rings is 1. The van der Waals surface area contributed by atoms with Gasteiger partial charge < -0.3 is 5.32 Å². The zero-order valence-corrected chi connectivity index (χ0v) is 10.6. The Morgan fingerprint density at radius 2 is 1.68 bits per heavy atom. The van der Waals surface area contributed by atoms with Crippen LogP contribution in [0.2, 0.25) is 0 Å². The molecule has 0 fully saturated rings. The van der Waals surface area contributed by atoms with Crippen molar-refractivity contribution in [2.75, 3.05) is 5.32 Å². The van der Waals surface area contributed by atoms with Gasteiger partial charge in [-0.2, -0.15) is 10.2 Å². The van der Waals surface area contributed by atoms with Crippen LogP contribution < -0.4 is 5.32 Å². The molecular weight excluding hydrogens is 238 g/mol. The molecule has 0 radical (unpaired) electrons. The summed E-state index contributed by atoms with van der Waals surface area (Å²) < 4.78 is 0. The molecule has 3 rings (SSSR count). The van der Waals surface area contributed by atoms with Crippen LogP contribution in [0.25, 0.3) is 11.3 Å². The van der Waals surface area contributed by atoms with Crippen molar-refractivity contribution in [2.24, 2.45) is 0 Å². The van der Waals surface area contributed by atoms with Gasteiger partial charge in [-0.15, -0.1) is 0 Å². The molecule has 1 aromatic carbocycles. The molecule has 19 heavy (non-hydrogen) atoms. The maximum Gasteiger partial charge on any atom is 0.0651 e. The molecule has 5 heteroatoms. The van der Waals surface area contributed by atoms with Gasteiger partial charge in [-0.25, -0.2) is 0 Å². The highest BCUT2D eigenvalue weighted by molar-refractivity contribution is 5.62. The second-order valence-electron chi connectivity index (χ2n) is 4.43. The predicted molar refractivity (Wildman–Crippen MR) is 74.6 cm³/mol. The van der Waals surface area contributed by atoms with Gasteiger partial charge in [-0.1, -0.05) is 12.1 Å². The summed E-state index contributed by atoms with van der Waals surface area (Å²) in [7, 11) is 0. The summed E-state index contributed by atoms with van der Waals surface area (Å²) >= 11 is 0. The molecule has 0 aliphatic rings. The third-order valence-corrected chi connectivity index (χ3v) is 3.07. The normalized spacial score (nSPS) is 12.3. The van der Waals surface area contributed by atoms with E-state index < -0.39 is 0 Å². The number of aromatic amines is 2. The standard InChI is InChI=1S/C14H15N5/c1-10(13-6-8-15-18-13)17-12-4-2-11(3-5-12)14-7-9-16-19-14/h2-10,17H,1H3,(H,15,18)(H,16,19). The van der Waals surface area contributed by atoms with E-state index in [1.165, 1.54) is 0 Å². The van der Waals surface area contributed by atoms with Crippen LogP contribution in [0.4, 0.5) is 5.69 Å². The number of aromatic nitrogens is 4. The largest absolute Gasteiger partial charge is 0.377 e. The van der Waals surface area contributed by atoms with Gasteiger partial charge in [-0.3, -0.25) is 10.2 Å². The van der Waals surface area contributed by atoms with Gasteiger partial charge in [0.25, 0.3) is 0 Å². The minimum atomic E-state index is 0.195. The maximum atomic E-state index is 3.96. The van der Waals surface area contributed by atoms with Gasteiger partial charge in [0.05, 0.1) is 17.4 Å². The van der Waals surface area contributed by atoms with E-state index in [1.54, 1.807) is 12.4 Å². The van der Waals surface area contributed by atoms with E-state index in [9.17, 15) is 0 Å². The minimum absolute atomic E-state index is 0.195. The van der Waals surface area contributed by atoms with Gasteiger partial charge in [0, 0.05) is 18.1 Å². The van der Waals surface area contributed by atoms with Crippen molar-refractivity contribution in [3.05, 3.63) is 54.5 Å². The zero-order valence-electron chi connectivity index (χ0n) is 10.6. The van der Waals surface area contributed by atoms with Crippen LogP contribution in [0, 0.1) is 0 Å². The van der Waals surface area contributed by atoms with Crippen LogP contribution in [0.15, 0.2) is 48.8 Å². The first-order valence-corrected chi connectivity index (χ1v) is 6.18. The predicted octanol–water partition coefficient (Wildman–Crippen LogP) is 2.97. The Labute approximate surface area is 111 Å². The second-order valence-corrected chi connectivity index (χ2v) is 4.43. The van der Waals surface area contributed by atoms with E-state index in [2.05, 4.69) is 56.9 Å². The molecule has 0 aliphatic heterocycles. The molecule has 1 unspecified atom stereocenters. The van der Waals surface area contributed by atoms with E-state index in [-0.39, 0.29) is 6.04 Å². The summed E-state index contributed by atoms with van der Waals surface area (Å²) in [6, 6.07) is 12.4. The van der Waals surface area contributed by atoms with Gasteiger partial charge in [0.1, 0.15) is 0 Å². The molecular formula is C14H15N5. The quantitative estimate of drug-likeness (QED) is 0.669. The smallest absolute Gasteiger partial charge is 0.0651 e. The van der Waals surface area contributed by atoms with E-state index >= 15 is 0 Å². The number of rotatable bonds is 4. The number of hydrogen-bond donors (Lipinski definition) is 3. The molecule has 2 heterocycles. The molecule has 3 aromatic rings. The molecule has 0 bridgehead atoms. The Hall–Kier alpha value is -2.56. The van der Waals surface area contributed by atoms with Crippen molar-refractivity contribution in [3.63, 3.8) is 0 Å². The van der Waals surface area contributed by atoms with E-state index in [4.69, 9.17) is 0 Å². The Balaban J connectivity index is 1.73. The van der Waals surface area contributed by atoms with Crippen LogP contribution in [0.1, 0.15) is 18.7 Å². The fourth-order valence-electron chi connectivity index (χ4n) is 2.00. The Kier molecular flexibility index (Phi) is 3.02. The highest BCUT2D eigenvalue weighted by Gasteiger charge is 2.06.